The van der Waals surface area contributed by atoms with E-state index in [1.165, 1.54) is 5.56 Å². The molecule has 2 aromatic carbocycles. The first-order valence-corrected chi connectivity index (χ1v) is 9.79. The van der Waals surface area contributed by atoms with Gasteiger partial charge in [-0.25, -0.2) is 0 Å². The number of ether oxygens (including phenoxy) is 1. The summed E-state index contributed by atoms with van der Waals surface area (Å²) in [6.45, 7) is 4.91. The van der Waals surface area contributed by atoms with Crippen molar-refractivity contribution in [1.82, 2.24) is 9.88 Å². The zero-order valence-electron chi connectivity index (χ0n) is 15.9. The first-order valence-electron chi connectivity index (χ1n) is 9.79. The number of carbonyl (C=O) groups is 1. The fraction of sp³-hybridized carbons (Fsp3) is 0.348. The van der Waals surface area contributed by atoms with Crippen LogP contribution in [0.2, 0.25) is 0 Å². The van der Waals surface area contributed by atoms with Gasteiger partial charge in [-0.1, -0.05) is 49.4 Å². The molecule has 2 heterocycles. The third kappa shape index (κ3) is 3.57. The third-order valence-electron chi connectivity index (χ3n) is 5.34. The smallest absolute Gasteiger partial charge is 0.268 e. The van der Waals surface area contributed by atoms with Crippen molar-refractivity contribution in [1.29, 1.82) is 0 Å². The third-order valence-corrected chi connectivity index (χ3v) is 5.34. The number of nitrogens with zero attached hydrogens (tertiary/aromatic N) is 1. The normalized spacial score (nSPS) is 16.7. The first-order chi connectivity index (χ1) is 13.2. The molecule has 0 saturated heterocycles. The molecule has 4 heteroatoms. The van der Waals surface area contributed by atoms with E-state index in [1.807, 2.05) is 30.3 Å². The highest BCUT2D eigenvalue weighted by atomic mass is 16.5. The van der Waals surface area contributed by atoms with Gasteiger partial charge in [0.15, 0.2) is 0 Å². The SMILES string of the molecule is CC[C@H]1Cn2c(C(=O)N[C@@H](C)CCc3ccccc3)cc3cccc(c32)O1. The van der Waals surface area contributed by atoms with E-state index in [9.17, 15) is 4.79 Å². The van der Waals surface area contributed by atoms with Crippen LogP contribution in [0.3, 0.4) is 0 Å². The number of benzene rings is 2. The van der Waals surface area contributed by atoms with E-state index < -0.39 is 0 Å². The molecule has 3 aromatic rings. The Labute approximate surface area is 160 Å². The Morgan fingerprint density at radius 1 is 1.22 bits per heavy atom. The Morgan fingerprint density at radius 2 is 2.04 bits per heavy atom. The topological polar surface area (TPSA) is 43.3 Å². The number of nitrogens with one attached hydrogen (secondary N) is 1. The molecule has 1 aromatic heterocycles. The number of aryl methyl sites for hydroxylation is 1. The highest BCUT2D eigenvalue weighted by Gasteiger charge is 2.26. The van der Waals surface area contributed by atoms with Crippen molar-refractivity contribution in [3.63, 3.8) is 0 Å². The lowest BCUT2D eigenvalue weighted by Gasteiger charge is -2.26. The van der Waals surface area contributed by atoms with Crippen LogP contribution < -0.4 is 10.1 Å². The van der Waals surface area contributed by atoms with Crippen LogP contribution in [0, 0.1) is 0 Å². The Bertz CT molecular complexity index is 946. The molecule has 27 heavy (non-hydrogen) atoms. The standard InChI is InChI=1S/C23H26N2O2/c1-3-19-15-25-20(14-18-10-7-11-21(27-19)22(18)25)23(26)24-16(2)12-13-17-8-5-4-6-9-17/h4-11,14,16,19H,3,12-13,15H2,1-2H3,(H,24,26)/t16-,19-/m0/s1. The lowest BCUT2D eigenvalue weighted by Crippen LogP contribution is -2.36. The summed E-state index contributed by atoms with van der Waals surface area (Å²) in [6.07, 6.45) is 2.91. The number of rotatable bonds is 6. The summed E-state index contributed by atoms with van der Waals surface area (Å²) >= 11 is 0. The summed E-state index contributed by atoms with van der Waals surface area (Å²) in [5, 5.41) is 4.24. The summed E-state index contributed by atoms with van der Waals surface area (Å²) in [5.74, 6) is 0.872. The van der Waals surface area contributed by atoms with Crippen molar-refractivity contribution in [2.75, 3.05) is 0 Å². The minimum Gasteiger partial charge on any atom is -0.486 e. The molecule has 140 valence electrons. The molecule has 1 aliphatic rings. The number of aromatic nitrogens is 1. The Hall–Kier alpha value is -2.75. The van der Waals surface area contributed by atoms with E-state index in [1.54, 1.807) is 0 Å². The van der Waals surface area contributed by atoms with Crippen LogP contribution in [0.25, 0.3) is 10.9 Å². The average Bonchev–Trinajstić information content (AvgIpc) is 3.07. The van der Waals surface area contributed by atoms with Crippen LogP contribution in [0.1, 0.15) is 42.7 Å². The largest absolute Gasteiger partial charge is 0.486 e. The number of hydrogen-bond acceptors (Lipinski definition) is 2. The highest BCUT2D eigenvalue weighted by molar-refractivity contribution is 6.00. The fourth-order valence-electron chi connectivity index (χ4n) is 3.79. The average molecular weight is 362 g/mol. The van der Waals surface area contributed by atoms with E-state index >= 15 is 0 Å². The molecule has 0 saturated carbocycles. The van der Waals surface area contributed by atoms with Crippen molar-refractivity contribution in [2.24, 2.45) is 0 Å². The van der Waals surface area contributed by atoms with E-state index in [-0.39, 0.29) is 18.1 Å². The summed E-state index contributed by atoms with van der Waals surface area (Å²) in [6, 6.07) is 18.5. The van der Waals surface area contributed by atoms with Crippen LogP contribution in [-0.2, 0) is 13.0 Å². The molecule has 1 N–H and O–H groups in total. The van der Waals surface area contributed by atoms with Crippen LogP contribution in [-0.4, -0.2) is 22.6 Å². The molecule has 1 aliphatic heterocycles. The summed E-state index contributed by atoms with van der Waals surface area (Å²) in [5.41, 5.74) is 3.06. The van der Waals surface area contributed by atoms with Gasteiger partial charge in [0.25, 0.3) is 5.91 Å². The zero-order valence-corrected chi connectivity index (χ0v) is 15.9. The Morgan fingerprint density at radius 3 is 2.81 bits per heavy atom. The molecule has 0 radical (unpaired) electrons. The maximum absolute atomic E-state index is 13.0. The number of carbonyl (C=O) groups excluding carboxylic acids is 1. The Balaban J connectivity index is 1.51. The van der Waals surface area contributed by atoms with Gasteiger partial charge in [0.05, 0.1) is 12.1 Å². The fourth-order valence-corrected chi connectivity index (χ4v) is 3.79. The van der Waals surface area contributed by atoms with E-state index in [0.717, 1.165) is 48.2 Å². The summed E-state index contributed by atoms with van der Waals surface area (Å²) < 4.78 is 8.19. The van der Waals surface area contributed by atoms with Gasteiger partial charge in [0.2, 0.25) is 0 Å². The number of amides is 1. The minimum atomic E-state index is -0.00513. The predicted octanol–water partition coefficient (Wildman–Crippen LogP) is 4.56. The molecule has 0 fully saturated rings. The second-order valence-electron chi connectivity index (χ2n) is 7.38. The van der Waals surface area contributed by atoms with Gasteiger partial charge < -0.3 is 14.6 Å². The van der Waals surface area contributed by atoms with Gasteiger partial charge in [-0.15, -0.1) is 0 Å². The van der Waals surface area contributed by atoms with Crippen LogP contribution >= 0.6 is 0 Å². The molecule has 0 spiro atoms. The molecule has 4 rings (SSSR count). The summed E-state index contributed by atoms with van der Waals surface area (Å²) in [7, 11) is 0. The van der Waals surface area contributed by atoms with Crippen LogP contribution in [0.15, 0.2) is 54.6 Å². The number of para-hydroxylation sites is 1. The second kappa shape index (κ2) is 7.47. The monoisotopic (exact) mass is 362 g/mol. The van der Waals surface area contributed by atoms with E-state index in [4.69, 9.17) is 4.74 Å². The van der Waals surface area contributed by atoms with Crippen LogP contribution in [0.4, 0.5) is 0 Å². The molecular formula is C23H26N2O2. The quantitative estimate of drug-likeness (QED) is 0.698. The van der Waals surface area contributed by atoms with Gasteiger partial charge >= 0.3 is 0 Å². The molecule has 2 atom stereocenters. The molecule has 4 nitrogen and oxygen atoms in total. The van der Waals surface area contributed by atoms with E-state index in [2.05, 4.69) is 48.0 Å². The van der Waals surface area contributed by atoms with Gasteiger partial charge in [0.1, 0.15) is 17.5 Å². The predicted molar refractivity (Wildman–Crippen MR) is 108 cm³/mol. The molecule has 0 unspecified atom stereocenters. The van der Waals surface area contributed by atoms with Crippen molar-refractivity contribution in [3.8, 4) is 5.75 Å². The molecule has 0 aliphatic carbocycles. The van der Waals surface area contributed by atoms with Crippen LogP contribution in [0.5, 0.6) is 5.75 Å². The Kier molecular flexibility index (Phi) is 4.88. The van der Waals surface area contributed by atoms with Gasteiger partial charge in [-0.3, -0.25) is 4.79 Å². The maximum atomic E-state index is 13.0. The zero-order chi connectivity index (χ0) is 18.8. The van der Waals surface area contributed by atoms with E-state index in [0.29, 0.717) is 0 Å². The van der Waals surface area contributed by atoms with Gasteiger partial charge in [-0.2, -0.15) is 0 Å². The molecule has 0 bridgehead atoms. The lowest BCUT2D eigenvalue weighted by atomic mass is 10.1. The minimum absolute atomic E-state index is 0.00513. The first kappa shape index (κ1) is 17.7. The van der Waals surface area contributed by atoms with Crippen molar-refractivity contribution in [3.05, 3.63) is 65.9 Å². The summed E-state index contributed by atoms with van der Waals surface area (Å²) in [4.78, 5) is 13.0. The van der Waals surface area contributed by atoms with Crippen molar-refractivity contribution in [2.45, 2.75) is 51.8 Å². The number of hydrogen-bond donors (Lipinski definition) is 1. The van der Waals surface area contributed by atoms with Gasteiger partial charge in [0, 0.05) is 11.4 Å². The maximum Gasteiger partial charge on any atom is 0.268 e. The second-order valence-corrected chi connectivity index (χ2v) is 7.38. The van der Waals surface area contributed by atoms with Crippen molar-refractivity contribution < 1.29 is 9.53 Å². The molecular weight excluding hydrogens is 336 g/mol. The van der Waals surface area contributed by atoms with Gasteiger partial charge in [-0.05, 0) is 43.9 Å². The lowest BCUT2D eigenvalue weighted by molar-refractivity contribution is 0.0922. The molecule has 1 amide bonds. The highest BCUT2D eigenvalue weighted by Crippen LogP contribution is 2.34. The van der Waals surface area contributed by atoms with Crippen molar-refractivity contribution >= 4 is 16.8 Å².